The molecule has 108 valence electrons. The Morgan fingerprint density at radius 3 is 2.37 bits per heavy atom. The number of sulfone groups is 1. The van der Waals surface area contributed by atoms with Gasteiger partial charge in [0.25, 0.3) is 0 Å². The Morgan fingerprint density at radius 2 is 1.89 bits per heavy atom. The van der Waals surface area contributed by atoms with Gasteiger partial charge in [-0.2, -0.15) is 0 Å². The highest BCUT2D eigenvalue weighted by atomic mass is 32.2. The third-order valence-corrected chi connectivity index (χ3v) is 4.97. The first-order valence-electron chi connectivity index (χ1n) is 5.20. The average molecular weight is 311 g/mol. The second kappa shape index (κ2) is 5.53. The Kier molecular flexibility index (Phi) is 4.67. The summed E-state index contributed by atoms with van der Waals surface area (Å²) in [6.45, 7) is 0.919. The van der Waals surface area contributed by atoms with Crippen molar-refractivity contribution in [1.82, 2.24) is 4.72 Å². The molecule has 0 fully saturated rings. The van der Waals surface area contributed by atoms with Crippen LogP contribution in [0, 0.1) is 5.82 Å². The van der Waals surface area contributed by atoms with Crippen LogP contribution in [0.25, 0.3) is 0 Å². The lowest BCUT2D eigenvalue weighted by molar-refractivity contribution is 0.265. The summed E-state index contributed by atoms with van der Waals surface area (Å²) in [6.07, 6.45) is 0.889. The van der Waals surface area contributed by atoms with Gasteiger partial charge in [0, 0.05) is 12.3 Å². The second-order valence-electron chi connectivity index (χ2n) is 4.07. The molecule has 0 saturated carbocycles. The van der Waals surface area contributed by atoms with Gasteiger partial charge in [-0.3, -0.25) is 0 Å². The number of rotatable bonds is 5. The van der Waals surface area contributed by atoms with Crippen LogP contribution in [0.5, 0.6) is 0 Å². The number of hydrogen-bond donors (Lipinski definition) is 2. The van der Waals surface area contributed by atoms with Gasteiger partial charge in [0.05, 0.1) is 11.5 Å². The molecule has 0 aliphatic rings. The van der Waals surface area contributed by atoms with Gasteiger partial charge in [0.2, 0.25) is 10.0 Å². The highest BCUT2D eigenvalue weighted by Gasteiger charge is 2.23. The first kappa shape index (κ1) is 16.0. The number of aliphatic hydroxyl groups excluding tert-OH is 1. The molecule has 0 aliphatic heterocycles. The Bertz CT molecular complexity index is 669. The van der Waals surface area contributed by atoms with Crippen molar-refractivity contribution in [3.8, 4) is 0 Å². The molecule has 0 aliphatic carbocycles. The number of sulfonamides is 1. The second-order valence-corrected chi connectivity index (χ2v) is 7.77. The predicted molar refractivity (Wildman–Crippen MR) is 66.4 cm³/mol. The fraction of sp³-hybridized carbons (Fsp3) is 0.400. The van der Waals surface area contributed by atoms with Gasteiger partial charge in [-0.15, -0.1) is 0 Å². The molecule has 0 bridgehead atoms. The number of halogens is 1. The van der Waals surface area contributed by atoms with E-state index in [1.54, 1.807) is 0 Å². The molecule has 9 heteroatoms. The fourth-order valence-electron chi connectivity index (χ4n) is 1.29. The van der Waals surface area contributed by atoms with Crippen molar-refractivity contribution >= 4 is 19.9 Å². The topological polar surface area (TPSA) is 101 Å². The molecule has 1 atom stereocenters. The number of aliphatic hydroxyl groups is 1. The molecule has 1 aromatic rings. The van der Waals surface area contributed by atoms with Gasteiger partial charge in [0.15, 0.2) is 9.84 Å². The van der Waals surface area contributed by atoms with Gasteiger partial charge in [-0.1, -0.05) is 0 Å². The number of benzene rings is 1. The number of nitrogens with one attached hydrogen (secondary N) is 1. The van der Waals surface area contributed by atoms with E-state index < -0.39 is 43.2 Å². The summed E-state index contributed by atoms with van der Waals surface area (Å²) in [5.41, 5.74) is 0. The first-order chi connectivity index (χ1) is 8.58. The van der Waals surface area contributed by atoms with E-state index in [1.165, 1.54) is 6.92 Å². The van der Waals surface area contributed by atoms with Gasteiger partial charge in [0.1, 0.15) is 10.7 Å². The van der Waals surface area contributed by atoms with Crippen LogP contribution in [-0.2, 0) is 19.9 Å². The normalized spacial score (nSPS) is 14.3. The standard InChI is InChI=1S/C10H14FNO5S2/c1-7(6-13)12-19(16,17)10-5-8(18(2,14)15)3-4-9(10)11/h3-5,7,12-13H,6H2,1-2H3. The maximum Gasteiger partial charge on any atom is 0.243 e. The number of hydrogen-bond acceptors (Lipinski definition) is 5. The largest absolute Gasteiger partial charge is 0.395 e. The van der Waals surface area contributed by atoms with Gasteiger partial charge < -0.3 is 5.11 Å². The van der Waals surface area contributed by atoms with E-state index in [2.05, 4.69) is 0 Å². The molecular formula is C10H14FNO5S2. The molecule has 0 saturated heterocycles. The summed E-state index contributed by atoms with van der Waals surface area (Å²) in [5.74, 6) is -1.06. The molecule has 1 rings (SSSR count). The van der Waals surface area contributed by atoms with Gasteiger partial charge in [-0.05, 0) is 25.1 Å². The Balaban J connectivity index is 3.34. The van der Waals surface area contributed by atoms with Crippen LogP contribution in [0.3, 0.4) is 0 Å². The smallest absolute Gasteiger partial charge is 0.243 e. The Morgan fingerprint density at radius 1 is 1.32 bits per heavy atom. The highest BCUT2D eigenvalue weighted by Crippen LogP contribution is 2.19. The van der Waals surface area contributed by atoms with E-state index in [0.29, 0.717) is 0 Å². The molecule has 6 nitrogen and oxygen atoms in total. The lowest BCUT2D eigenvalue weighted by Gasteiger charge is -2.12. The molecule has 1 unspecified atom stereocenters. The predicted octanol–water partition coefficient (Wildman–Crippen LogP) is -0.112. The summed E-state index contributed by atoms with van der Waals surface area (Å²) < 4.78 is 61.9. The van der Waals surface area contributed by atoms with Crippen LogP contribution in [0.15, 0.2) is 28.0 Å². The summed E-state index contributed by atoms with van der Waals surface area (Å²) >= 11 is 0. The SMILES string of the molecule is CC(CO)NS(=O)(=O)c1cc(S(C)(=O)=O)ccc1F. The molecular weight excluding hydrogens is 297 g/mol. The molecule has 0 radical (unpaired) electrons. The van der Waals surface area contributed by atoms with Crippen molar-refractivity contribution in [3.05, 3.63) is 24.0 Å². The first-order valence-corrected chi connectivity index (χ1v) is 8.58. The fourth-order valence-corrected chi connectivity index (χ4v) is 3.35. The summed E-state index contributed by atoms with van der Waals surface area (Å²) in [5, 5.41) is 8.78. The van der Waals surface area contributed by atoms with Crippen molar-refractivity contribution in [1.29, 1.82) is 0 Å². The van der Waals surface area contributed by atoms with E-state index >= 15 is 0 Å². The van der Waals surface area contributed by atoms with E-state index in [9.17, 15) is 21.2 Å². The monoisotopic (exact) mass is 311 g/mol. The van der Waals surface area contributed by atoms with Crippen molar-refractivity contribution in [2.75, 3.05) is 12.9 Å². The highest BCUT2D eigenvalue weighted by molar-refractivity contribution is 7.91. The molecule has 0 spiro atoms. The lowest BCUT2D eigenvalue weighted by Crippen LogP contribution is -2.35. The molecule has 1 aromatic carbocycles. The molecule has 19 heavy (non-hydrogen) atoms. The minimum absolute atomic E-state index is 0.300. The third kappa shape index (κ3) is 3.96. The molecule has 0 heterocycles. The lowest BCUT2D eigenvalue weighted by atomic mass is 10.3. The van der Waals surface area contributed by atoms with E-state index in [-0.39, 0.29) is 4.90 Å². The van der Waals surface area contributed by atoms with Crippen LogP contribution in [0.4, 0.5) is 4.39 Å². The van der Waals surface area contributed by atoms with Crippen molar-refractivity contribution in [2.45, 2.75) is 22.8 Å². The van der Waals surface area contributed by atoms with Crippen molar-refractivity contribution < 1.29 is 26.3 Å². The molecule has 0 amide bonds. The minimum Gasteiger partial charge on any atom is -0.395 e. The van der Waals surface area contributed by atoms with Crippen LogP contribution in [0.2, 0.25) is 0 Å². The van der Waals surface area contributed by atoms with Crippen molar-refractivity contribution in [2.24, 2.45) is 0 Å². The third-order valence-electron chi connectivity index (χ3n) is 2.25. The maximum absolute atomic E-state index is 13.5. The van der Waals surface area contributed by atoms with Crippen LogP contribution in [0.1, 0.15) is 6.92 Å². The van der Waals surface area contributed by atoms with E-state index in [1.807, 2.05) is 4.72 Å². The van der Waals surface area contributed by atoms with E-state index in [0.717, 1.165) is 24.5 Å². The van der Waals surface area contributed by atoms with Crippen molar-refractivity contribution in [3.63, 3.8) is 0 Å². The zero-order chi connectivity index (χ0) is 14.8. The minimum atomic E-state index is -4.23. The summed E-state index contributed by atoms with van der Waals surface area (Å²) in [7, 11) is -7.88. The Labute approximate surface area is 111 Å². The maximum atomic E-state index is 13.5. The molecule has 0 aromatic heterocycles. The summed E-state index contributed by atoms with van der Waals surface area (Å²) in [6, 6.07) is 1.69. The van der Waals surface area contributed by atoms with Crippen LogP contribution >= 0.6 is 0 Å². The van der Waals surface area contributed by atoms with Gasteiger partial charge in [-0.25, -0.2) is 25.9 Å². The van der Waals surface area contributed by atoms with Crippen LogP contribution < -0.4 is 4.72 Å². The quantitative estimate of drug-likeness (QED) is 0.739. The van der Waals surface area contributed by atoms with Crippen LogP contribution in [-0.4, -0.2) is 40.8 Å². The average Bonchev–Trinajstić information content (AvgIpc) is 2.26. The summed E-state index contributed by atoms with van der Waals surface area (Å²) in [4.78, 5) is -1.07. The zero-order valence-corrected chi connectivity index (χ0v) is 11.9. The Hall–Kier alpha value is -1.03. The zero-order valence-electron chi connectivity index (χ0n) is 10.3. The van der Waals surface area contributed by atoms with E-state index in [4.69, 9.17) is 5.11 Å². The van der Waals surface area contributed by atoms with Gasteiger partial charge >= 0.3 is 0 Å². The molecule has 2 N–H and O–H groups in total.